The van der Waals surface area contributed by atoms with Crippen molar-refractivity contribution in [3.8, 4) is 5.75 Å². The Morgan fingerprint density at radius 2 is 2.00 bits per heavy atom. The van der Waals surface area contributed by atoms with Crippen LogP contribution in [0.2, 0.25) is 0 Å². The van der Waals surface area contributed by atoms with Crippen molar-refractivity contribution in [3.63, 3.8) is 0 Å². The van der Waals surface area contributed by atoms with Gasteiger partial charge in [0.1, 0.15) is 5.75 Å². The lowest BCUT2D eigenvalue weighted by Gasteiger charge is -2.22. The van der Waals surface area contributed by atoms with Gasteiger partial charge in [-0.2, -0.15) is 0 Å². The minimum Gasteiger partial charge on any atom is -0.490 e. The molecule has 0 aliphatic heterocycles. The van der Waals surface area contributed by atoms with Gasteiger partial charge in [-0.05, 0) is 57.7 Å². The van der Waals surface area contributed by atoms with Crippen molar-refractivity contribution < 1.29 is 9.84 Å². The fourth-order valence-corrected chi connectivity index (χ4v) is 2.71. The van der Waals surface area contributed by atoms with E-state index in [0.29, 0.717) is 12.6 Å². The molecule has 0 radical (unpaired) electrons. The van der Waals surface area contributed by atoms with Gasteiger partial charge in [0, 0.05) is 12.1 Å². The standard InChI is InChI=1S/C16H25NO2/c1-11-8-9-14(15(18)10-17-3)16(12(11)2)19-13-6-4-5-7-13/h8-9,13,15,17-18H,4-7,10H2,1-3H3. The predicted molar refractivity (Wildman–Crippen MR) is 77.7 cm³/mol. The number of nitrogens with one attached hydrogen (secondary N) is 1. The van der Waals surface area contributed by atoms with Gasteiger partial charge in [-0.25, -0.2) is 0 Å². The Kier molecular flexibility index (Phi) is 4.83. The van der Waals surface area contributed by atoms with Gasteiger partial charge in [-0.3, -0.25) is 0 Å². The number of ether oxygens (including phenoxy) is 1. The van der Waals surface area contributed by atoms with Crippen LogP contribution < -0.4 is 10.1 Å². The molecule has 1 aromatic carbocycles. The van der Waals surface area contributed by atoms with Crippen molar-refractivity contribution in [1.82, 2.24) is 5.32 Å². The molecular formula is C16H25NO2. The summed E-state index contributed by atoms with van der Waals surface area (Å²) in [6.45, 7) is 4.71. The van der Waals surface area contributed by atoms with Crippen LogP contribution >= 0.6 is 0 Å². The third kappa shape index (κ3) is 3.28. The second kappa shape index (κ2) is 6.40. The van der Waals surface area contributed by atoms with Crippen LogP contribution in [0.15, 0.2) is 12.1 Å². The Morgan fingerprint density at radius 1 is 1.32 bits per heavy atom. The van der Waals surface area contributed by atoms with E-state index in [2.05, 4.69) is 25.2 Å². The first-order valence-corrected chi connectivity index (χ1v) is 7.23. The number of benzene rings is 1. The Morgan fingerprint density at radius 3 is 2.63 bits per heavy atom. The highest BCUT2D eigenvalue weighted by Crippen LogP contribution is 2.34. The molecular weight excluding hydrogens is 238 g/mol. The highest BCUT2D eigenvalue weighted by atomic mass is 16.5. The van der Waals surface area contributed by atoms with E-state index in [4.69, 9.17) is 4.74 Å². The number of aliphatic hydroxyl groups excluding tert-OH is 1. The average Bonchev–Trinajstić information content (AvgIpc) is 2.88. The molecule has 1 unspecified atom stereocenters. The van der Waals surface area contributed by atoms with Crippen LogP contribution in [-0.2, 0) is 0 Å². The molecule has 3 nitrogen and oxygen atoms in total. The van der Waals surface area contributed by atoms with Gasteiger partial charge < -0.3 is 15.2 Å². The minimum absolute atomic E-state index is 0.320. The summed E-state index contributed by atoms with van der Waals surface area (Å²) in [5.74, 6) is 0.898. The van der Waals surface area contributed by atoms with Gasteiger partial charge in [-0.15, -0.1) is 0 Å². The smallest absolute Gasteiger partial charge is 0.128 e. The molecule has 1 fully saturated rings. The summed E-state index contributed by atoms with van der Waals surface area (Å²) in [6.07, 6.45) is 4.58. The minimum atomic E-state index is -0.513. The molecule has 2 N–H and O–H groups in total. The van der Waals surface area contributed by atoms with Crippen LogP contribution in [0.4, 0.5) is 0 Å². The molecule has 0 heterocycles. The zero-order chi connectivity index (χ0) is 13.8. The molecule has 1 aromatic rings. The van der Waals surface area contributed by atoms with Gasteiger partial charge in [0.15, 0.2) is 0 Å². The third-order valence-corrected chi connectivity index (χ3v) is 4.05. The predicted octanol–water partition coefficient (Wildman–Crippen LogP) is 2.88. The fourth-order valence-electron chi connectivity index (χ4n) is 2.71. The fraction of sp³-hybridized carbons (Fsp3) is 0.625. The molecule has 0 aromatic heterocycles. The van der Waals surface area contributed by atoms with Crippen LogP contribution in [0.5, 0.6) is 5.75 Å². The zero-order valence-electron chi connectivity index (χ0n) is 12.2. The van der Waals surface area contributed by atoms with Gasteiger partial charge in [0.25, 0.3) is 0 Å². The quantitative estimate of drug-likeness (QED) is 0.858. The van der Waals surface area contributed by atoms with Crippen molar-refractivity contribution in [1.29, 1.82) is 0 Å². The summed E-state index contributed by atoms with van der Waals surface area (Å²) in [4.78, 5) is 0. The number of aliphatic hydroxyl groups is 1. The van der Waals surface area contributed by atoms with Crippen molar-refractivity contribution in [2.45, 2.75) is 51.7 Å². The maximum atomic E-state index is 10.2. The molecule has 0 saturated heterocycles. The Balaban J connectivity index is 2.28. The average molecular weight is 263 g/mol. The van der Waals surface area contributed by atoms with E-state index in [9.17, 15) is 5.11 Å². The molecule has 19 heavy (non-hydrogen) atoms. The normalized spacial score (nSPS) is 17.7. The lowest BCUT2D eigenvalue weighted by atomic mass is 10.0. The molecule has 1 aliphatic rings. The maximum absolute atomic E-state index is 10.2. The van der Waals surface area contributed by atoms with E-state index >= 15 is 0 Å². The van der Waals surface area contributed by atoms with Gasteiger partial charge in [-0.1, -0.05) is 12.1 Å². The highest BCUT2D eigenvalue weighted by molar-refractivity contribution is 5.46. The molecule has 106 valence electrons. The largest absolute Gasteiger partial charge is 0.490 e. The maximum Gasteiger partial charge on any atom is 0.128 e. The monoisotopic (exact) mass is 263 g/mol. The number of hydrogen-bond donors (Lipinski definition) is 2. The molecule has 1 aliphatic carbocycles. The highest BCUT2D eigenvalue weighted by Gasteiger charge is 2.22. The van der Waals surface area contributed by atoms with E-state index in [-0.39, 0.29) is 0 Å². The second-order valence-electron chi connectivity index (χ2n) is 5.52. The van der Waals surface area contributed by atoms with E-state index in [0.717, 1.165) is 29.7 Å². The molecule has 2 rings (SSSR count). The van der Waals surface area contributed by atoms with Crippen LogP contribution in [0.3, 0.4) is 0 Å². The summed E-state index contributed by atoms with van der Waals surface area (Å²) >= 11 is 0. The van der Waals surface area contributed by atoms with Crippen molar-refractivity contribution in [3.05, 3.63) is 28.8 Å². The number of likely N-dealkylation sites (N-methyl/N-ethyl adjacent to an activating group) is 1. The number of rotatable bonds is 5. The summed E-state index contributed by atoms with van der Waals surface area (Å²) < 4.78 is 6.20. The summed E-state index contributed by atoms with van der Waals surface area (Å²) in [6, 6.07) is 4.06. The lowest BCUT2D eigenvalue weighted by molar-refractivity contribution is 0.159. The summed E-state index contributed by atoms with van der Waals surface area (Å²) in [5, 5.41) is 13.3. The van der Waals surface area contributed by atoms with Gasteiger partial charge >= 0.3 is 0 Å². The molecule has 3 heteroatoms. The molecule has 0 spiro atoms. The molecule has 0 bridgehead atoms. The third-order valence-electron chi connectivity index (χ3n) is 4.05. The zero-order valence-corrected chi connectivity index (χ0v) is 12.2. The number of hydrogen-bond acceptors (Lipinski definition) is 3. The molecule has 0 amide bonds. The van der Waals surface area contributed by atoms with Crippen molar-refractivity contribution in [2.24, 2.45) is 0 Å². The van der Waals surface area contributed by atoms with E-state index in [1.165, 1.54) is 18.4 Å². The van der Waals surface area contributed by atoms with E-state index < -0.39 is 6.10 Å². The summed E-state index contributed by atoms with van der Waals surface area (Å²) in [7, 11) is 1.85. The van der Waals surface area contributed by atoms with Crippen LogP contribution in [0.1, 0.15) is 48.5 Å². The van der Waals surface area contributed by atoms with Crippen LogP contribution in [0.25, 0.3) is 0 Å². The molecule has 1 atom stereocenters. The lowest BCUT2D eigenvalue weighted by Crippen LogP contribution is -2.20. The first kappa shape index (κ1) is 14.4. The first-order chi connectivity index (χ1) is 9.13. The first-order valence-electron chi connectivity index (χ1n) is 7.23. The SMILES string of the molecule is CNCC(O)c1ccc(C)c(C)c1OC1CCCC1. The second-order valence-corrected chi connectivity index (χ2v) is 5.52. The number of aryl methyl sites for hydroxylation is 1. The Bertz CT molecular complexity index is 425. The van der Waals surface area contributed by atoms with Crippen molar-refractivity contribution in [2.75, 3.05) is 13.6 Å². The van der Waals surface area contributed by atoms with Crippen molar-refractivity contribution >= 4 is 0 Å². The van der Waals surface area contributed by atoms with Gasteiger partial charge in [0.2, 0.25) is 0 Å². The summed E-state index contributed by atoms with van der Waals surface area (Å²) in [5.41, 5.74) is 3.28. The van der Waals surface area contributed by atoms with E-state index in [1.807, 2.05) is 13.1 Å². The van der Waals surface area contributed by atoms with E-state index in [1.54, 1.807) is 0 Å². The Hall–Kier alpha value is -1.06. The van der Waals surface area contributed by atoms with Crippen LogP contribution in [0, 0.1) is 13.8 Å². The van der Waals surface area contributed by atoms with Crippen LogP contribution in [-0.4, -0.2) is 24.8 Å². The van der Waals surface area contributed by atoms with Gasteiger partial charge in [0.05, 0.1) is 12.2 Å². The topological polar surface area (TPSA) is 41.5 Å². The Labute approximate surface area is 116 Å². The molecule has 1 saturated carbocycles.